The van der Waals surface area contributed by atoms with Crippen LogP contribution in [0, 0.1) is 0 Å². The molecule has 0 heterocycles. The Kier molecular flexibility index (Phi) is 28.7. The Labute approximate surface area is 236 Å². The lowest BCUT2D eigenvalue weighted by atomic mass is 10.0. The lowest BCUT2D eigenvalue weighted by Gasteiger charge is -2.17. The molecule has 222 valence electrons. The van der Waals surface area contributed by atoms with Gasteiger partial charge in [-0.1, -0.05) is 128 Å². The number of unbranched alkanes of at least 4 members (excludes halogenated alkanes) is 17. The lowest BCUT2D eigenvalue weighted by Crippen LogP contribution is -2.19. The first-order valence-corrected chi connectivity index (χ1v) is 16.3. The van der Waals surface area contributed by atoms with Crippen LogP contribution in [0.1, 0.15) is 174 Å². The van der Waals surface area contributed by atoms with Gasteiger partial charge in [-0.05, 0) is 57.8 Å². The van der Waals surface area contributed by atoms with Gasteiger partial charge in [-0.25, -0.2) is 0 Å². The summed E-state index contributed by atoms with van der Waals surface area (Å²) in [4.78, 5) is 23.3. The molecule has 1 atom stereocenters. The minimum atomic E-state index is -0.816. The van der Waals surface area contributed by atoms with Crippen molar-refractivity contribution in [3.05, 3.63) is 24.3 Å². The van der Waals surface area contributed by atoms with Crippen molar-refractivity contribution >= 4 is 11.9 Å². The molecule has 0 radical (unpaired) electrons. The number of rotatable bonds is 29. The topological polar surface area (TPSA) is 63.6 Å². The Hall–Kier alpha value is -1.58. The van der Waals surface area contributed by atoms with E-state index in [1.54, 1.807) is 0 Å². The van der Waals surface area contributed by atoms with Gasteiger partial charge in [-0.3, -0.25) is 9.59 Å². The van der Waals surface area contributed by atoms with Crippen molar-refractivity contribution < 1.29 is 19.4 Å². The van der Waals surface area contributed by atoms with Gasteiger partial charge in [-0.2, -0.15) is 0 Å². The zero-order valence-electron chi connectivity index (χ0n) is 25.2. The van der Waals surface area contributed by atoms with E-state index in [0.717, 1.165) is 38.5 Å². The first-order chi connectivity index (χ1) is 18.6. The largest absolute Gasteiger partial charge is 0.481 e. The first-order valence-electron chi connectivity index (χ1n) is 16.3. The summed E-state index contributed by atoms with van der Waals surface area (Å²) in [7, 11) is 0. The molecule has 4 heteroatoms. The lowest BCUT2D eigenvalue weighted by molar-refractivity contribution is -0.151. The molecule has 1 N–H and O–H groups in total. The summed E-state index contributed by atoms with van der Waals surface area (Å²) in [5.41, 5.74) is 0. The van der Waals surface area contributed by atoms with Crippen molar-refractivity contribution in [2.24, 2.45) is 0 Å². The van der Waals surface area contributed by atoms with Crippen LogP contribution in [0.3, 0.4) is 0 Å². The molecule has 0 aliphatic rings. The summed E-state index contributed by atoms with van der Waals surface area (Å²) in [6.45, 7) is 4.48. The Bertz CT molecular complexity index is 581. The molecule has 1 unspecified atom stereocenters. The number of carbonyl (C=O) groups excluding carboxylic acids is 1. The van der Waals surface area contributed by atoms with Crippen LogP contribution in [-0.2, 0) is 14.3 Å². The predicted molar refractivity (Wildman–Crippen MR) is 163 cm³/mol. The number of esters is 1. The Morgan fingerprint density at radius 3 is 1.63 bits per heavy atom. The highest BCUT2D eigenvalue weighted by Gasteiger charge is 2.15. The summed E-state index contributed by atoms with van der Waals surface area (Å²) < 4.78 is 5.68. The SMILES string of the molecule is CCCCC/C=C\C/C=C\CCCCCCCCCC(=O)OC(CCCCCCCCCC)CCC(=O)O. The van der Waals surface area contributed by atoms with Gasteiger partial charge >= 0.3 is 11.9 Å². The molecule has 0 aromatic rings. The molecule has 0 aliphatic heterocycles. The number of carboxylic acids is 1. The van der Waals surface area contributed by atoms with Crippen molar-refractivity contribution in [2.75, 3.05) is 0 Å². The molecule has 0 amide bonds. The van der Waals surface area contributed by atoms with Gasteiger partial charge in [0.15, 0.2) is 0 Å². The monoisotopic (exact) mass is 534 g/mol. The van der Waals surface area contributed by atoms with E-state index in [2.05, 4.69) is 38.2 Å². The normalized spacial score (nSPS) is 12.5. The van der Waals surface area contributed by atoms with E-state index in [1.807, 2.05) is 0 Å². The zero-order valence-corrected chi connectivity index (χ0v) is 25.2. The summed E-state index contributed by atoms with van der Waals surface area (Å²) in [5.74, 6) is -0.967. The van der Waals surface area contributed by atoms with Crippen LogP contribution in [0.2, 0.25) is 0 Å². The van der Waals surface area contributed by atoms with Crippen LogP contribution in [-0.4, -0.2) is 23.1 Å². The van der Waals surface area contributed by atoms with Crippen LogP contribution >= 0.6 is 0 Å². The number of ether oxygens (including phenoxy) is 1. The van der Waals surface area contributed by atoms with Gasteiger partial charge < -0.3 is 9.84 Å². The summed E-state index contributed by atoms with van der Waals surface area (Å²) >= 11 is 0. The second kappa shape index (κ2) is 30.0. The highest BCUT2D eigenvalue weighted by Crippen LogP contribution is 2.17. The molecule has 0 aromatic heterocycles. The van der Waals surface area contributed by atoms with E-state index in [9.17, 15) is 9.59 Å². The molecule has 0 aliphatic carbocycles. The minimum Gasteiger partial charge on any atom is -0.481 e. The molecular weight excluding hydrogens is 472 g/mol. The number of hydrogen-bond donors (Lipinski definition) is 1. The minimum absolute atomic E-state index is 0.0704. The number of aliphatic carboxylic acids is 1. The number of carbonyl (C=O) groups is 2. The molecule has 0 rings (SSSR count). The van der Waals surface area contributed by atoms with E-state index in [-0.39, 0.29) is 18.5 Å². The third kappa shape index (κ3) is 29.0. The van der Waals surface area contributed by atoms with Crippen LogP contribution < -0.4 is 0 Å². The average Bonchev–Trinajstić information content (AvgIpc) is 2.90. The van der Waals surface area contributed by atoms with Crippen LogP contribution in [0.5, 0.6) is 0 Å². The van der Waals surface area contributed by atoms with E-state index in [4.69, 9.17) is 9.84 Å². The van der Waals surface area contributed by atoms with E-state index >= 15 is 0 Å². The third-order valence-corrected chi connectivity index (χ3v) is 7.19. The van der Waals surface area contributed by atoms with Crippen molar-refractivity contribution in [1.82, 2.24) is 0 Å². The van der Waals surface area contributed by atoms with Crippen LogP contribution in [0.15, 0.2) is 24.3 Å². The van der Waals surface area contributed by atoms with Crippen LogP contribution in [0.4, 0.5) is 0 Å². The molecule has 0 aromatic carbocycles. The molecule has 38 heavy (non-hydrogen) atoms. The summed E-state index contributed by atoms with van der Waals surface area (Å²) in [6, 6.07) is 0. The zero-order chi connectivity index (χ0) is 27.9. The van der Waals surface area contributed by atoms with Crippen molar-refractivity contribution in [3.63, 3.8) is 0 Å². The summed E-state index contributed by atoms with van der Waals surface area (Å²) in [6.07, 6.45) is 36.1. The predicted octanol–water partition coefficient (Wildman–Crippen LogP) is 10.9. The standard InChI is InChI=1S/C34H62O4/c1-3-5-7-9-11-13-14-15-16-17-18-19-20-21-23-25-27-29-34(37)38-32(30-31-33(35)36)28-26-24-22-12-10-8-6-4-2/h11,13,15-16,32H,3-10,12,14,17-31H2,1-2H3,(H,35,36)/b13-11-,16-15-. The molecule has 0 spiro atoms. The second-order valence-electron chi connectivity index (χ2n) is 11.0. The van der Waals surface area contributed by atoms with Gasteiger partial charge in [0.05, 0.1) is 0 Å². The van der Waals surface area contributed by atoms with E-state index in [0.29, 0.717) is 12.8 Å². The van der Waals surface area contributed by atoms with Crippen LogP contribution in [0.25, 0.3) is 0 Å². The number of allylic oxidation sites excluding steroid dienone is 4. The van der Waals surface area contributed by atoms with E-state index < -0.39 is 5.97 Å². The number of carboxylic acid groups (broad SMARTS) is 1. The van der Waals surface area contributed by atoms with Crippen molar-refractivity contribution in [2.45, 2.75) is 180 Å². The molecule has 0 saturated heterocycles. The molecular formula is C34H62O4. The quantitative estimate of drug-likeness (QED) is 0.0589. The fraction of sp³-hybridized carbons (Fsp3) is 0.824. The third-order valence-electron chi connectivity index (χ3n) is 7.19. The van der Waals surface area contributed by atoms with Gasteiger partial charge in [0.25, 0.3) is 0 Å². The average molecular weight is 535 g/mol. The Balaban J connectivity index is 3.74. The summed E-state index contributed by atoms with van der Waals surface area (Å²) in [5, 5.41) is 9.03. The molecule has 0 fully saturated rings. The molecule has 0 bridgehead atoms. The maximum absolute atomic E-state index is 12.3. The number of hydrogen-bond acceptors (Lipinski definition) is 3. The maximum Gasteiger partial charge on any atom is 0.306 e. The molecule has 0 saturated carbocycles. The van der Waals surface area contributed by atoms with Gasteiger partial charge in [0, 0.05) is 12.8 Å². The Morgan fingerprint density at radius 1 is 0.579 bits per heavy atom. The Morgan fingerprint density at radius 2 is 1.05 bits per heavy atom. The van der Waals surface area contributed by atoms with Gasteiger partial charge in [0.1, 0.15) is 6.10 Å². The van der Waals surface area contributed by atoms with Crippen molar-refractivity contribution in [1.29, 1.82) is 0 Å². The van der Waals surface area contributed by atoms with Crippen molar-refractivity contribution in [3.8, 4) is 0 Å². The highest BCUT2D eigenvalue weighted by molar-refractivity contribution is 5.69. The first kappa shape index (κ1) is 36.4. The van der Waals surface area contributed by atoms with Gasteiger partial charge in [-0.15, -0.1) is 0 Å². The molecule has 4 nitrogen and oxygen atoms in total. The van der Waals surface area contributed by atoms with E-state index in [1.165, 1.54) is 103 Å². The van der Waals surface area contributed by atoms with Gasteiger partial charge in [0.2, 0.25) is 0 Å². The fourth-order valence-corrected chi connectivity index (χ4v) is 4.73. The highest BCUT2D eigenvalue weighted by atomic mass is 16.5. The second-order valence-corrected chi connectivity index (χ2v) is 11.0. The smallest absolute Gasteiger partial charge is 0.306 e. The fourth-order valence-electron chi connectivity index (χ4n) is 4.73. The maximum atomic E-state index is 12.3.